The average Bonchev–Trinajstić information content (AvgIpc) is 2.52. The Hall–Kier alpha value is -1.42. The molecule has 1 N–H and O–H groups in total. The van der Waals surface area contributed by atoms with Crippen molar-refractivity contribution in [2.24, 2.45) is 4.99 Å². The first-order valence-electron chi connectivity index (χ1n) is 7.68. The fraction of sp³-hybridized carbons (Fsp3) is 0.471. The molecule has 0 atom stereocenters. The van der Waals surface area contributed by atoms with Gasteiger partial charge in [-0.05, 0) is 56.2 Å². The highest BCUT2D eigenvalue weighted by Crippen LogP contribution is 2.22. The van der Waals surface area contributed by atoms with Gasteiger partial charge in [0.2, 0.25) is 0 Å². The van der Waals surface area contributed by atoms with Crippen LogP contribution in [-0.4, -0.2) is 25.5 Å². The van der Waals surface area contributed by atoms with Crippen LogP contribution in [0.2, 0.25) is 0 Å². The van der Waals surface area contributed by atoms with Gasteiger partial charge in [-0.25, -0.2) is 0 Å². The van der Waals surface area contributed by atoms with E-state index in [0.717, 1.165) is 11.3 Å². The highest BCUT2D eigenvalue weighted by atomic mass is 32.1. The molecule has 0 amide bonds. The molecule has 2 rings (SSSR count). The van der Waals surface area contributed by atoms with Crippen molar-refractivity contribution in [3.05, 3.63) is 35.2 Å². The van der Waals surface area contributed by atoms with Crippen molar-refractivity contribution >= 4 is 30.4 Å². The number of anilines is 1. The minimum atomic E-state index is 0.292. The first-order valence-corrected chi connectivity index (χ1v) is 8.20. The van der Waals surface area contributed by atoms with E-state index in [2.05, 4.69) is 66.0 Å². The number of hydrogen-bond acceptors (Lipinski definition) is 3. The maximum atomic E-state index is 4.31. The summed E-state index contributed by atoms with van der Waals surface area (Å²) in [6.45, 7) is 6.45. The van der Waals surface area contributed by atoms with E-state index in [1.54, 1.807) is 11.7 Å². The van der Waals surface area contributed by atoms with Crippen LogP contribution in [0.25, 0.3) is 5.70 Å². The van der Waals surface area contributed by atoms with Gasteiger partial charge in [0.25, 0.3) is 0 Å². The van der Waals surface area contributed by atoms with Gasteiger partial charge in [0.1, 0.15) is 0 Å². The second-order valence-corrected chi connectivity index (χ2v) is 5.91. The van der Waals surface area contributed by atoms with Gasteiger partial charge in [-0.3, -0.25) is 4.99 Å². The SMILES string of the molecule is CC(C)N=CN/C(=C\S)c1ccc(N2CCCCC2)cc1. The molecule has 4 heteroatoms. The molecule has 1 saturated heterocycles. The predicted molar refractivity (Wildman–Crippen MR) is 96.2 cm³/mol. The topological polar surface area (TPSA) is 27.6 Å². The van der Waals surface area contributed by atoms with Crippen LogP contribution in [0.4, 0.5) is 5.69 Å². The molecule has 1 fully saturated rings. The summed E-state index contributed by atoms with van der Waals surface area (Å²) in [7, 11) is 0. The van der Waals surface area contributed by atoms with Gasteiger partial charge < -0.3 is 10.2 Å². The largest absolute Gasteiger partial charge is 0.372 e. The van der Waals surface area contributed by atoms with Crippen LogP contribution in [0.5, 0.6) is 0 Å². The molecule has 1 aromatic rings. The molecule has 114 valence electrons. The molecular formula is C17H25N3S. The number of aliphatic imine (C=N–C) groups is 1. The zero-order valence-electron chi connectivity index (χ0n) is 12.9. The molecule has 0 aliphatic carbocycles. The number of benzene rings is 1. The molecule has 0 radical (unpaired) electrons. The Morgan fingerprint density at radius 2 is 1.86 bits per heavy atom. The standard InChI is InChI=1S/C17H25N3S/c1-14(2)18-13-19-17(12-21)15-6-8-16(9-7-15)20-10-4-3-5-11-20/h6-9,12-14,21H,3-5,10-11H2,1-2H3,(H,18,19)/b17-12-. The maximum absolute atomic E-state index is 4.31. The fourth-order valence-corrected chi connectivity index (χ4v) is 2.68. The summed E-state index contributed by atoms with van der Waals surface area (Å²) in [5.41, 5.74) is 3.40. The Kier molecular flexibility index (Phi) is 6.18. The van der Waals surface area contributed by atoms with E-state index in [0.29, 0.717) is 6.04 Å². The number of nitrogens with one attached hydrogen (secondary N) is 1. The molecule has 0 bridgehead atoms. The smallest absolute Gasteiger partial charge is 0.0871 e. The van der Waals surface area contributed by atoms with Gasteiger partial charge in [0.05, 0.1) is 12.0 Å². The summed E-state index contributed by atoms with van der Waals surface area (Å²) in [6.07, 6.45) is 5.71. The summed E-state index contributed by atoms with van der Waals surface area (Å²) in [4.78, 5) is 6.77. The Morgan fingerprint density at radius 3 is 2.43 bits per heavy atom. The normalized spacial score (nSPS) is 16.8. The van der Waals surface area contributed by atoms with Crippen LogP contribution in [0.15, 0.2) is 34.7 Å². The monoisotopic (exact) mass is 303 g/mol. The summed E-state index contributed by atoms with van der Waals surface area (Å²) in [6, 6.07) is 8.96. The van der Waals surface area contributed by atoms with Crippen molar-refractivity contribution in [3.63, 3.8) is 0 Å². The van der Waals surface area contributed by atoms with Gasteiger partial charge in [0, 0.05) is 24.8 Å². The Morgan fingerprint density at radius 1 is 1.19 bits per heavy atom. The molecule has 0 saturated carbocycles. The van der Waals surface area contributed by atoms with Crippen LogP contribution in [0, 0.1) is 0 Å². The Balaban J connectivity index is 2.02. The van der Waals surface area contributed by atoms with Gasteiger partial charge in [-0.15, -0.1) is 12.6 Å². The predicted octanol–water partition coefficient (Wildman–Crippen LogP) is 3.93. The van der Waals surface area contributed by atoms with Gasteiger partial charge in [-0.1, -0.05) is 12.1 Å². The quantitative estimate of drug-likeness (QED) is 0.490. The minimum absolute atomic E-state index is 0.292. The molecule has 0 spiro atoms. The van der Waals surface area contributed by atoms with Crippen molar-refractivity contribution in [3.8, 4) is 0 Å². The summed E-state index contributed by atoms with van der Waals surface area (Å²) in [5.74, 6) is 0. The molecule has 0 unspecified atom stereocenters. The first kappa shape index (κ1) is 16.0. The van der Waals surface area contributed by atoms with E-state index in [-0.39, 0.29) is 0 Å². The van der Waals surface area contributed by atoms with E-state index in [9.17, 15) is 0 Å². The third kappa shape index (κ3) is 4.81. The van der Waals surface area contributed by atoms with Crippen LogP contribution < -0.4 is 10.2 Å². The second kappa shape index (κ2) is 8.13. The zero-order valence-corrected chi connectivity index (χ0v) is 13.8. The van der Waals surface area contributed by atoms with Gasteiger partial charge in [0.15, 0.2) is 0 Å². The zero-order chi connectivity index (χ0) is 15.1. The lowest BCUT2D eigenvalue weighted by molar-refractivity contribution is 0.578. The molecule has 3 nitrogen and oxygen atoms in total. The van der Waals surface area contributed by atoms with Crippen molar-refractivity contribution in [2.45, 2.75) is 39.2 Å². The fourth-order valence-electron chi connectivity index (χ4n) is 2.45. The Bertz CT molecular complexity index is 485. The number of thiol groups is 1. The van der Waals surface area contributed by atoms with Crippen LogP contribution in [0.3, 0.4) is 0 Å². The van der Waals surface area contributed by atoms with Crippen molar-refractivity contribution in [1.29, 1.82) is 0 Å². The van der Waals surface area contributed by atoms with Crippen molar-refractivity contribution in [1.82, 2.24) is 5.32 Å². The lowest BCUT2D eigenvalue weighted by Gasteiger charge is -2.28. The first-order chi connectivity index (χ1) is 10.2. The van der Waals surface area contributed by atoms with Crippen molar-refractivity contribution < 1.29 is 0 Å². The summed E-state index contributed by atoms with van der Waals surface area (Å²) in [5, 5.41) is 4.98. The number of piperidine rings is 1. The highest BCUT2D eigenvalue weighted by Gasteiger charge is 2.10. The van der Waals surface area contributed by atoms with E-state index < -0.39 is 0 Å². The number of nitrogens with zero attached hydrogens (tertiary/aromatic N) is 2. The summed E-state index contributed by atoms with van der Waals surface area (Å²) < 4.78 is 0. The number of hydrogen-bond donors (Lipinski definition) is 2. The van der Waals surface area contributed by atoms with E-state index >= 15 is 0 Å². The Labute approximate surface area is 133 Å². The molecule has 0 aromatic heterocycles. The summed E-state index contributed by atoms with van der Waals surface area (Å²) >= 11 is 4.28. The maximum Gasteiger partial charge on any atom is 0.0871 e. The van der Waals surface area contributed by atoms with E-state index in [1.807, 2.05) is 0 Å². The molecule has 21 heavy (non-hydrogen) atoms. The van der Waals surface area contributed by atoms with Gasteiger partial charge in [-0.2, -0.15) is 0 Å². The molecule has 1 heterocycles. The second-order valence-electron chi connectivity index (χ2n) is 5.65. The molecule has 1 aliphatic heterocycles. The lowest BCUT2D eigenvalue weighted by atomic mass is 10.1. The lowest BCUT2D eigenvalue weighted by Crippen LogP contribution is -2.29. The van der Waals surface area contributed by atoms with Crippen LogP contribution in [0.1, 0.15) is 38.7 Å². The van der Waals surface area contributed by atoms with Crippen molar-refractivity contribution in [2.75, 3.05) is 18.0 Å². The minimum Gasteiger partial charge on any atom is -0.372 e. The van der Waals surface area contributed by atoms with Gasteiger partial charge >= 0.3 is 0 Å². The van der Waals surface area contributed by atoms with E-state index in [4.69, 9.17) is 0 Å². The van der Waals surface area contributed by atoms with Crippen LogP contribution >= 0.6 is 12.6 Å². The third-order valence-electron chi connectivity index (χ3n) is 3.62. The molecule has 1 aliphatic rings. The van der Waals surface area contributed by atoms with Crippen LogP contribution in [-0.2, 0) is 0 Å². The highest BCUT2D eigenvalue weighted by molar-refractivity contribution is 7.83. The van der Waals surface area contributed by atoms with E-state index in [1.165, 1.54) is 38.0 Å². The third-order valence-corrected chi connectivity index (χ3v) is 3.88. The average molecular weight is 303 g/mol. The molecule has 1 aromatic carbocycles. The number of rotatable bonds is 5. The molecular weight excluding hydrogens is 278 g/mol.